The molecule has 3 N–H and O–H groups in total. The molecule has 1 unspecified atom stereocenters. The number of rotatable bonds is 9. The summed E-state index contributed by atoms with van der Waals surface area (Å²) in [6.45, 7) is 10.8. The van der Waals surface area contributed by atoms with Gasteiger partial charge in [-0.3, -0.25) is 24.6 Å². The molecule has 3 amide bonds. The first kappa shape index (κ1) is 35.7. The number of ether oxygens (including phenoxy) is 1. The molecule has 276 valence electrons. The van der Waals surface area contributed by atoms with Gasteiger partial charge in [0, 0.05) is 93.1 Å². The summed E-state index contributed by atoms with van der Waals surface area (Å²) in [5.41, 5.74) is 10.1. The second-order valence-corrected chi connectivity index (χ2v) is 15.7. The van der Waals surface area contributed by atoms with E-state index in [2.05, 4.69) is 62.7 Å². The van der Waals surface area contributed by atoms with Crippen LogP contribution in [0.25, 0.3) is 10.9 Å². The standard InChI is InChI=1S/C41H53N7O4/c1-41(2)15-11-28(12-16-41)38(45-42-3)35-23-29-5-6-30(24-34(29)43-35)40(51)48-21-19-46(20-22-48)26-27-13-17-47(18-14-27)31-7-8-32(36(25-31)52-4)33-9-10-37(49)44-39(33)50/h5-8,11,23-25,27,33,42-43H,9-10,12-22,26H2,1-4H3,(H,44,49,50)/b45-38+. The molecule has 2 aromatic carbocycles. The van der Waals surface area contributed by atoms with E-state index in [-0.39, 0.29) is 23.6 Å². The number of methoxy groups -OCH3 is 1. The van der Waals surface area contributed by atoms with Gasteiger partial charge >= 0.3 is 0 Å². The zero-order valence-electron chi connectivity index (χ0n) is 31.1. The summed E-state index contributed by atoms with van der Waals surface area (Å²) in [6.07, 6.45) is 8.55. The number of amides is 3. The van der Waals surface area contributed by atoms with Crippen LogP contribution in [0.2, 0.25) is 0 Å². The van der Waals surface area contributed by atoms with Gasteiger partial charge in [0.05, 0.1) is 18.7 Å². The van der Waals surface area contributed by atoms with Crippen molar-refractivity contribution in [1.82, 2.24) is 25.5 Å². The quantitative estimate of drug-likeness (QED) is 0.154. The van der Waals surface area contributed by atoms with E-state index in [1.807, 2.05) is 42.3 Å². The van der Waals surface area contributed by atoms with Gasteiger partial charge in [-0.15, -0.1) is 0 Å². The third-order valence-corrected chi connectivity index (χ3v) is 11.6. The number of piperazine rings is 1. The maximum Gasteiger partial charge on any atom is 0.254 e. The Labute approximate surface area is 306 Å². The number of carbonyl (C=O) groups excluding carboxylic acids is 3. The second-order valence-electron chi connectivity index (χ2n) is 15.7. The molecule has 0 radical (unpaired) electrons. The van der Waals surface area contributed by atoms with Crippen LogP contribution in [-0.2, 0) is 9.59 Å². The summed E-state index contributed by atoms with van der Waals surface area (Å²) < 4.78 is 5.71. The van der Waals surface area contributed by atoms with Crippen molar-refractivity contribution in [2.24, 2.45) is 16.4 Å². The van der Waals surface area contributed by atoms with Gasteiger partial charge in [0.2, 0.25) is 11.8 Å². The summed E-state index contributed by atoms with van der Waals surface area (Å²) >= 11 is 0. The summed E-state index contributed by atoms with van der Waals surface area (Å²) in [5, 5.41) is 8.18. The highest BCUT2D eigenvalue weighted by atomic mass is 16.5. The highest BCUT2D eigenvalue weighted by molar-refractivity contribution is 6.13. The Balaban J connectivity index is 0.907. The molecule has 4 aliphatic rings. The predicted octanol–water partition coefficient (Wildman–Crippen LogP) is 5.43. The number of anilines is 1. The highest BCUT2D eigenvalue weighted by Gasteiger charge is 2.32. The average Bonchev–Trinajstić information content (AvgIpc) is 3.58. The van der Waals surface area contributed by atoms with Crippen molar-refractivity contribution in [1.29, 1.82) is 0 Å². The Kier molecular flexibility index (Phi) is 10.4. The lowest BCUT2D eigenvalue weighted by Crippen LogP contribution is -2.50. The lowest BCUT2D eigenvalue weighted by atomic mass is 9.77. The minimum atomic E-state index is -0.367. The lowest BCUT2D eigenvalue weighted by Gasteiger charge is -2.39. The zero-order chi connectivity index (χ0) is 36.4. The van der Waals surface area contributed by atoms with E-state index in [1.54, 1.807) is 7.11 Å². The number of aromatic amines is 1. The molecule has 7 rings (SSSR count). The number of nitrogens with one attached hydrogen (secondary N) is 3. The molecule has 3 saturated heterocycles. The van der Waals surface area contributed by atoms with Crippen molar-refractivity contribution in [2.75, 3.05) is 64.9 Å². The molecule has 3 fully saturated rings. The maximum atomic E-state index is 13.7. The smallest absolute Gasteiger partial charge is 0.254 e. The van der Waals surface area contributed by atoms with E-state index in [1.165, 1.54) is 5.57 Å². The summed E-state index contributed by atoms with van der Waals surface area (Å²) in [4.78, 5) is 48.2. The van der Waals surface area contributed by atoms with Crippen molar-refractivity contribution in [3.8, 4) is 5.75 Å². The first-order valence-electron chi connectivity index (χ1n) is 19.0. The third-order valence-electron chi connectivity index (χ3n) is 11.6. The van der Waals surface area contributed by atoms with Gasteiger partial charge in [0.1, 0.15) is 11.5 Å². The normalized spacial score (nSPS) is 22.0. The molecular weight excluding hydrogens is 654 g/mol. The Morgan fingerprint density at radius 1 is 0.981 bits per heavy atom. The fourth-order valence-corrected chi connectivity index (χ4v) is 8.33. The topological polar surface area (TPSA) is 122 Å². The van der Waals surface area contributed by atoms with Crippen molar-refractivity contribution in [3.63, 3.8) is 0 Å². The van der Waals surface area contributed by atoms with Gasteiger partial charge in [-0.25, -0.2) is 0 Å². The van der Waals surface area contributed by atoms with Crippen LogP contribution in [0.4, 0.5) is 5.69 Å². The first-order chi connectivity index (χ1) is 25.1. The van der Waals surface area contributed by atoms with Crippen molar-refractivity contribution >= 4 is 40.0 Å². The summed E-state index contributed by atoms with van der Waals surface area (Å²) in [5.74, 6) is 0.572. The van der Waals surface area contributed by atoms with Crippen LogP contribution in [-0.4, -0.2) is 98.2 Å². The summed E-state index contributed by atoms with van der Waals surface area (Å²) in [6, 6.07) is 14.2. The number of imide groups is 1. The Bertz CT molecular complexity index is 1880. The molecule has 1 aliphatic carbocycles. The molecule has 3 aliphatic heterocycles. The highest BCUT2D eigenvalue weighted by Crippen LogP contribution is 2.37. The van der Waals surface area contributed by atoms with E-state index < -0.39 is 0 Å². The molecule has 1 atom stereocenters. The van der Waals surface area contributed by atoms with Gasteiger partial charge in [-0.2, -0.15) is 5.10 Å². The largest absolute Gasteiger partial charge is 0.496 e. The number of hydrogen-bond donors (Lipinski definition) is 3. The number of carbonyl (C=O) groups is 3. The number of hydrazone groups is 1. The SMILES string of the molecule is CN/N=C(\C1=CCC(C)(C)CC1)c1cc2ccc(C(=O)N3CCN(CC4CCN(c5ccc(C6CCC(=O)NC6=O)c(OC)c5)CC4)CC3)cc2[nH]1. The molecule has 1 aromatic heterocycles. The van der Waals surface area contributed by atoms with Crippen LogP contribution >= 0.6 is 0 Å². The lowest BCUT2D eigenvalue weighted by molar-refractivity contribution is -0.134. The molecule has 52 heavy (non-hydrogen) atoms. The first-order valence-corrected chi connectivity index (χ1v) is 19.0. The van der Waals surface area contributed by atoms with Crippen molar-refractivity contribution < 1.29 is 19.1 Å². The van der Waals surface area contributed by atoms with Gasteiger partial charge in [-0.1, -0.05) is 32.1 Å². The molecule has 4 heterocycles. The molecule has 11 nitrogen and oxygen atoms in total. The number of fused-ring (bicyclic) bond motifs is 1. The predicted molar refractivity (Wildman–Crippen MR) is 205 cm³/mol. The number of aromatic nitrogens is 1. The number of H-pyrrole nitrogens is 1. The van der Waals surface area contributed by atoms with Gasteiger partial charge in [0.15, 0.2) is 0 Å². The van der Waals surface area contributed by atoms with Crippen molar-refractivity contribution in [2.45, 2.75) is 64.7 Å². The minimum Gasteiger partial charge on any atom is -0.496 e. The molecular formula is C41H53N7O4. The fraction of sp³-hybridized carbons (Fsp3) is 0.512. The third kappa shape index (κ3) is 7.74. The van der Waals surface area contributed by atoms with E-state index in [0.717, 1.165) is 111 Å². The second kappa shape index (κ2) is 15.1. The summed E-state index contributed by atoms with van der Waals surface area (Å²) in [7, 11) is 3.47. The van der Waals surface area contributed by atoms with Crippen LogP contribution < -0.4 is 20.4 Å². The molecule has 11 heteroatoms. The Morgan fingerprint density at radius 2 is 1.77 bits per heavy atom. The molecule has 3 aromatic rings. The number of hydrogen-bond acceptors (Lipinski definition) is 8. The maximum absolute atomic E-state index is 13.7. The number of piperidine rings is 2. The van der Waals surface area contributed by atoms with E-state index in [0.29, 0.717) is 35.5 Å². The van der Waals surface area contributed by atoms with Crippen LogP contribution in [0.1, 0.15) is 86.3 Å². The molecule has 0 spiro atoms. The Hall–Kier alpha value is -4.64. The van der Waals surface area contributed by atoms with Crippen LogP contribution in [0.3, 0.4) is 0 Å². The van der Waals surface area contributed by atoms with E-state index in [9.17, 15) is 14.4 Å². The van der Waals surface area contributed by atoms with Gasteiger partial charge < -0.3 is 24.9 Å². The molecule has 0 saturated carbocycles. The monoisotopic (exact) mass is 707 g/mol. The number of allylic oxidation sites excluding steroid dienone is 2. The number of nitrogens with zero attached hydrogens (tertiary/aromatic N) is 4. The molecule has 0 bridgehead atoms. The van der Waals surface area contributed by atoms with Gasteiger partial charge in [-0.05, 0) is 79.7 Å². The van der Waals surface area contributed by atoms with E-state index >= 15 is 0 Å². The number of benzene rings is 2. The zero-order valence-corrected chi connectivity index (χ0v) is 31.1. The van der Waals surface area contributed by atoms with Crippen LogP contribution in [0.15, 0.2) is 59.2 Å². The van der Waals surface area contributed by atoms with Crippen LogP contribution in [0.5, 0.6) is 5.75 Å². The van der Waals surface area contributed by atoms with Crippen molar-refractivity contribution in [3.05, 3.63) is 70.9 Å². The van der Waals surface area contributed by atoms with Crippen LogP contribution in [0, 0.1) is 11.3 Å². The van der Waals surface area contributed by atoms with E-state index in [4.69, 9.17) is 4.74 Å². The Morgan fingerprint density at radius 3 is 2.46 bits per heavy atom. The fourth-order valence-electron chi connectivity index (χ4n) is 8.33. The van der Waals surface area contributed by atoms with Gasteiger partial charge in [0.25, 0.3) is 5.91 Å². The minimum absolute atomic E-state index is 0.0893. The average molecular weight is 708 g/mol.